The lowest BCUT2D eigenvalue weighted by Crippen LogP contribution is -2.64. The van der Waals surface area contributed by atoms with E-state index in [1.54, 1.807) is 0 Å². The predicted octanol–water partition coefficient (Wildman–Crippen LogP) is 3.56. The Morgan fingerprint density at radius 2 is 1.21 bits per heavy atom. The molecule has 2 amide bonds. The zero-order chi connectivity index (χ0) is 19.1. The maximum absolute atomic E-state index is 11.5. The molecule has 0 aromatic heterocycles. The molecular weight excluding hydrogens is 455 g/mol. The number of halogens is 6. The summed E-state index contributed by atoms with van der Waals surface area (Å²) in [7, 11) is 0. The number of carbonyl (C=O) groups excluding carboxylic acids is 2. The highest BCUT2D eigenvalue weighted by Crippen LogP contribution is 2.37. The van der Waals surface area contributed by atoms with Crippen molar-refractivity contribution in [2.24, 2.45) is 0 Å². The zero-order valence-corrected chi connectivity index (χ0v) is 16.9. The summed E-state index contributed by atoms with van der Waals surface area (Å²) in [6.45, 7) is 3.09. The van der Waals surface area contributed by atoms with Gasteiger partial charge in [0.1, 0.15) is 0 Å². The first-order valence-electron chi connectivity index (χ1n) is 6.31. The van der Waals surface area contributed by atoms with Crippen LogP contribution in [0.4, 0.5) is 9.59 Å². The van der Waals surface area contributed by atoms with Crippen LogP contribution in [-0.2, 0) is 9.47 Å². The van der Waals surface area contributed by atoms with Crippen molar-refractivity contribution in [3.05, 3.63) is 0 Å². The van der Waals surface area contributed by atoms with Crippen LogP contribution in [-0.4, -0.2) is 55.6 Å². The quantitative estimate of drug-likeness (QED) is 0.312. The molecule has 8 nitrogen and oxygen atoms in total. The van der Waals surface area contributed by atoms with Gasteiger partial charge in [0.15, 0.2) is 12.3 Å². The molecule has 2 unspecified atom stereocenters. The normalized spacial score (nSPS) is 14.8. The van der Waals surface area contributed by atoms with Crippen LogP contribution in [0.2, 0.25) is 0 Å². The van der Waals surface area contributed by atoms with E-state index < -0.39 is 32.1 Å². The molecule has 0 aliphatic carbocycles. The van der Waals surface area contributed by atoms with Gasteiger partial charge >= 0.3 is 12.2 Å². The Kier molecular flexibility index (Phi) is 10.5. The second-order valence-corrected chi connectivity index (χ2v) is 8.74. The number of carbonyl (C=O) groups is 2. The summed E-state index contributed by atoms with van der Waals surface area (Å²) in [6, 6.07) is 0. The summed E-state index contributed by atoms with van der Waals surface area (Å²) in [5, 5.41) is 14.5. The Labute approximate surface area is 168 Å². The number of alkyl halides is 6. The van der Waals surface area contributed by atoms with E-state index in [0.717, 1.165) is 0 Å². The van der Waals surface area contributed by atoms with Gasteiger partial charge in [-0.15, -0.1) is 5.06 Å². The molecule has 0 radical (unpaired) electrons. The zero-order valence-electron chi connectivity index (χ0n) is 12.4. The molecule has 0 saturated heterocycles. The molecule has 0 bridgehead atoms. The fourth-order valence-electron chi connectivity index (χ4n) is 1.31. The predicted molar refractivity (Wildman–Crippen MR) is 92.1 cm³/mol. The molecule has 14 heteroatoms. The van der Waals surface area contributed by atoms with E-state index in [-0.39, 0.29) is 18.3 Å². The van der Waals surface area contributed by atoms with Gasteiger partial charge in [-0.25, -0.2) is 9.59 Å². The van der Waals surface area contributed by atoms with Crippen LogP contribution in [0.25, 0.3) is 0 Å². The molecule has 0 fully saturated rings. The maximum atomic E-state index is 11.5. The Bertz CT molecular complexity index is 392. The second-order valence-electron chi connectivity index (χ2n) is 4.00. The first-order chi connectivity index (χ1) is 10.8. The number of hydrogen-bond donors (Lipinski definition) is 3. The van der Waals surface area contributed by atoms with Crippen LogP contribution in [0.15, 0.2) is 0 Å². The fourth-order valence-corrected chi connectivity index (χ4v) is 2.24. The Morgan fingerprint density at radius 1 is 0.917 bits per heavy atom. The molecule has 3 N–H and O–H groups in total. The Hall–Kier alpha value is 0.200. The number of nitrogens with one attached hydrogen (secondary N) is 2. The summed E-state index contributed by atoms with van der Waals surface area (Å²) in [5.74, 6) is 0. The van der Waals surface area contributed by atoms with E-state index in [2.05, 4.69) is 20.1 Å². The summed E-state index contributed by atoms with van der Waals surface area (Å²) in [6.07, 6.45) is -5.53. The third-order valence-electron chi connectivity index (χ3n) is 2.21. The number of ether oxygens (including phenoxy) is 2. The van der Waals surface area contributed by atoms with Crippen molar-refractivity contribution in [2.45, 2.75) is 33.8 Å². The minimum atomic E-state index is -2.29. The van der Waals surface area contributed by atoms with Crippen molar-refractivity contribution in [3.63, 3.8) is 0 Å². The number of hydrogen-bond acceptors (Lipinski definition) is 6. The number of nitrogens with zero attached hydrogens (tertiary/aromatic N) is 1. The molecule has 0 aliphatic rings. The smallest absolute Gasteiger partial charge is 0.408 e. The number of alkyl carbamates (subject to hydrolysis) is 2. The monoisotopic (exact) mass is 467 g/mol. The van der Waals surface area contributed by atoms with Crippen LogP contribution in [0.5, 0.6) is 0 Å². The highest BCUT2D eigenvalue weighted by molar-refractivity contribution is 6.68. The fraction of sp³-hybridized carbons (Fsp3) is 0.800. The molecule has 24 heavy (non-hydrogen) atoms. The molecule has 2 atom stereocenters. The lowest BCUT2D eigenvalue weighted by molar-refractivity contribution is -0.170. The topological polar surface area (TPSA) is 100 Å². The Balaban J connectivity index is 5.45. The highest BCUT2D eigenvalue weighted by Gasteiger charge is 2.48. The first kappa shape index (κ1) is 24.2. The lowest BCUT2D eigenvalue weighted by Gasteiger charge is -2.38. The maximum Gasteiger partial charge on any atom is 0.408 e. The number of rotatable bonds is 6. The molecule has 0 heterocycles. The summed E-state index contributed by atoms with van der Waals surface area (Å²) in [4.78, 5) is 23.1. The molecule has 142 valence electrons. The van der Waals surface area contributed by atoms with Crippen molar-refractivity contribution < 1.29 is 24.3 Å². The average molecular weight is 470 g/mol. The van der Waals surface area contributed by atoms with Crippen molar-refractivity contribution in [2.75, 3.05) is 13.2 Å². The minimum Gasteiger partial charge on any atom is -0.450 e. The molecule has 0 rings (SSSR count). The van der Waals surface area contributed by atoms with Gasteiger partial charge in [-0.2, -0.15) is 0 Å². The van der Waals surface area contributed by atoms with Crippen LogP contribution in [0.1, 0.15) is 13.8 Å². The molecule has 0 spiro atoms. The number of amides is 2. The van der Waals surface area contributed by atoms with Crippen LogP contribution >= 0.6 is 69.6 Å². The summed E-state index contributed by atoms with van der Waals surface area (Å²) < 4.78 is 4.68. The standard InChI is InChI=1S/C10H15Cl6N3O5/c1-3-23-7(20)17-5(9(11,12)13)19(22)6(10(14,15)16)18-8(21)24-4-2/h5-6,22H,3-4H2,1-2H3,(H,17,20)(H,18,21). The van der Waals surface area contributed by atoms with Crippen LogP contribution < -0.4 is 10.6 Å². The van der Waals surface area contributed by atoms with Gasteiger partial charge in [0.25, 0.3) is 0 Å². The first-order valence-corrected chi connectivity index (χ1v) is 8.58. The van der Waals surface area contributed by atoms with E-state index in [0.29, 0.717) is 0 Å². The largest absolute Gasteiger partial charge is 0.450 e. The van der Waals surface area contributed by atoms with Gasteiger partial charge < -0.3 is 14.7 Å². The Morgan fingerprint density at radius 3 is 1.42 bits per heavy atom. The van der Waals surface area contributed by atoms with E-state index in [1.807, 2.05) is 0 Å². The summed E-state index contributed by atoms with van der Waals surface area (Å²) >= 11 is 34.3. The molecule has 0 saturated carbocycles. The molecule has 0 aliphatic heterocycles. The highest BCUT2D eigenvalue weighted by atomic mass is 35.6. The summed E-state index contributed by atoms with van der Waals surface area (Å²) in [5.41, 5.74) is 0. The minimum absolute atomic E-state index is 0.0127. The molecule has 0 aromatic rings. The van der Waals surface area contributed by atoms with Gasteiger partial charge in [-0.3, -0.25) is 10.6 Å². The lowest BCUT2D eigenvalue weighted by atomic mass is 10.4. The van der Waals surface area contributed by atoms with E-state index in [9.17, 15) is 14.8 Å². The third kappa shape index (κ3) is 8.53. The van der Waals surface area contributed by atoms with Crippen LogP contribution in [0, 0.1) is 0 Å². The van der Waals surface area contributed by atoms with Gasteiger partial charge in [0.2, 0.25) is 7.59 Å². The van der Waals surface area contributed by atoms with Crippen molar-refractivity contribution >= 4 is 81.8 Å². The van der Waals surface area contributed by atoms with Gasteiger partial charge in [-0.1, -0.05) is 69.6 Å². The average Bonchev–Trinajstić information content (AvgIpc) is 2.39. The number of hydroxylamine groups is 2. The van der Waals surface area contributed by atoms with Crippen molar-refractivity contribution in [1.82, 2.24) is 15.7 Å². The van der Waals surface area contributed by atoms with E-state index in [4.69, 9.17) is 69.6 Å². The molecule has 0 aromatic carbocycles. The van der Waals surface area contributed by atoms with Gasteiger partial charge in [0, 0.05) is 0 Å². The van der Waals surface area contributed by atoms with Crippen LogP contribution in [0.3, 0.4) is 0 Å². The molecular formula is C10H15Cl6N3O5. The van der Waals surface area contributed by atoms with Crippen molar-refractivity contribution in [1.29, 1.82) is 0 Å². The third-order valence-corrected chi connectivity index (χ3v) is 3.45. The van der Waals surface area contributed by atoms with E-state index in [1.165, 1.54) is 13.8 Å². The van der Waals surface area contributed by atoms with Gasteiger partial charge in [-0.05, 0) is 13.8 Å². The van der Waals surface area contributed by atoms with E-state index >= 15 is 0 Å². The van der Waals surface area contributed by atoms with Crippen molar-refractivity contribution in [3.8, 4) is 0 Å². The second kappa shape index (κ2) is 10.4. The SMILES string of the molecule is CCOC(=O)NC(N(O)C(NC(=O)OCC)C(Cl)(Cl)Cl)C(Cl)(Cl)Cl. The van der Waals surface area contributed by atoms with Gasteiger partial charge in [0.05, 0.1) is 13.2 Å².